The number of esters is 1. The van der Waals surface area contributed by atoms with Crippen molar-refractivity contribution in [2.24, 2.45) is 0 Å². The van der Waals surface area contributed by atoms with E-state index in [1.807, 2.05) is 0 Å². The van der Waals surface area contributed by atoms with Crippen LogP contribution in [-0.2, 0) is 38.3 Å². The Hall–Kier alpha value is -1.94. The summed E-state index contributed by atoms with van der Waals surface area (Å²) in [6, 6.07) is 0. The number of carbonyl (C=O) groups is 1. The average molecular weight is 901 g/mol. The number of unbranched alkanes of at least 4 members (excludes halogenated alkanes) is 21. The fourth-order valence-electron chi connectivity index (χ4n) is 7.27. The summed E-state index contributed by atoms with van der Waals surface area (Å²) in [6.45, 7) is 3.83. The Morgan fingerprint density at radius 3 is 1.65 bits per heavy atom. The van der Waals surface area contributed by atoms with Crippen LogP contribution in [0.3, 0.4) is 0 Å². The molecule has 0 radical (unpaired) electrons. The van der Waals surface area contributed by atoms with E-state index in [9.17, 15) is 33.1 Å². The minimum absolute atomic E-state index is 0.0195. The number of allylic oxidation sites excluding steroid dienone is 8. The molecule has 0 aliphatic carbocycles. The first-order valence-electron chi connectivity index (χ1n) is 24.4. The van der Waals surface area contributed by atoms with Gasteiger partial charge in [-0.1, -0.05) is 165 Å². The molecule has 1 aliphatic heterocycles. The molecule has 0 saturated carbocycles. The fraction of sp³-hybridized carbons (Fsp3) is 0.816. The quantitative estimate of drug-likeness (QED) is 0.0198. The van der Waals surface area contributed by atoms with Gasteiger partial charge in [-0.25, -0.2) is 4.18 Å². The molecular formula is C49H88O12S. The van der Waals surface area contributed by atoms with Crippen molar-refractivity contribution >= 4 is 16.4 Å². The van der Waals surface area contributed by atoms with Crippen LogP contribution in [0.25, 0.3) is 0 Å². The summed E-state index contributed by atoms with van der Waals surface area (Å²) in [6.07, 6.45) is 40.1. The molecule has 0 bridgehead atoms. The molecule has 1 rings (SSSR count). The summed E-state index contributed by atoms with van der Waals surface area (Å²) in [5.41, 5.74) is 0. The molecule has 0 amide bonds. The normalized spacial score (nSPS) is 20.4. The monoisotopic (exact) mass is 901 g/mol. The van der Waals surface area contributed by atoms with Gasteiger partial charge >= 0.3 is 16.4 Å². The van der Waals surface area contributed by atoms with Gasteiger partial charge < -0.3 is 34.3 Å². The van der Waals surface area contributed by atoms with Crippen molar-refractivity contribution in [3.8, 4) is 0 Å². The topological polar surface area (TPSA) is 178 Å². The Labute approximate surface area is 376 Å². The predicted molar refractivity (Wildman–Crippen MR) is 248 cm³/mol. The van der Waals surface area contributed by atoms with Gasteiger partial charge in [-0.3, -0.25) is 9.35 Å². The van der Waals surface area contributed by atoms with E-state index in [0.29, 0.717) is 13.0 Å². The third-order valence-corrected chi connectivity index (χ3v) is 11.4. The SMILES string of the molecule is CC/C=C\C/C=C\C/C=C\CCCCCCOCC(COC1OC(CO)C(O)C(OS(=O)(=O)O)C1O)OC(=O)CCCCCCCCCCC/C=C\CCCCCCCCCC. The van der Waals surface area contributed by atoms with Gasteiger partial charge in [0.05, 0.1) is 19.8 Å². The predicted octanol–water partition coefficient (Wildman–Crippen LogP) is 10.7. The number of hydrogen-bond donors (Lipinski definition) is 4. The zero-order chi connectivity index (χ0) is 45.4. The van der Waals surface area contributed by atoms with Gasteiger partial charge in [0, 0.05) is 13.0 Å². The van der Waals surface area contributed by atoms with Crippen LogP contribution in [0.15, 0.2) is 48.6 Å². The highest BCUT2D eigenvalue weighted by atomic mass is 32.3. The lowest BCUT2D eigenvalue weighted by atomic mass is 9.99. The van der Waals surface area contributed by atoms with Crippen molar-refractivity contribution in [3.05, 3.63) is 48.6 Å². The van der Waals surface area contributed by atoms with Crippen LogP contribution in [-0.4, -0.2) is 97.5 Å². The van der Waals surface area contributed by atoms with Crippen LogP contribution in [0.5, 0.6) is 0 Å². The Morgan fingerprint density at radius 1 is 0.629 bits per heavy atom. The molecule has 1 heterocycles. The van der Waals surface area contributed by atoms with Gasteiger partial charge in [0.1, 0.15) is 30.5 Å². The molecule has 0 spiro atoms. The van der Waals surface area contributed by atoms with Gasteiger partial charge in [0.15, 0.2) is 6.29 Å². The summed E-state index contributed by atoms with van der Waals surface area (Å²) < 4.78 is 59.1. The molecule has 0 aromatic carbocycles. The number of hydrogen-bond acceptors (Lipinski definition) is 11. The number of aliphatic hydroxyl groups is 3. The van der Waals surface area contributed by atoms with E-state index in [4.69, 9.17) is 18.9 Å². The van der Waals surface area contributed by atoms with Gasteiger partial charge in [-0.2, -0.15) is 8.42 Å². The fourth-order valence-corrected chi connectivity index (χ4v) is 7.78. The Kier molecular flexibility index (Phi) is 38.0. The largest absolute Gasteiger partial charge is 0.457 e. The van der Waals surface area contributed by atoms with E-state index < -0.39 is 59.8 Å². The van der Waals surface area contributed by atoms with Crippen molar-refractivity contribution in [2.75, 3.05) is 26.4 Å². The minimum atomic E-state index is -5.07. The molecule has 6 atom stereocenters. The van der Waals surface area contributed by atoms with Crippen LogP contribution in [0, 0.1) is 0 Å². The standard InChI is InChI=1S/C49H88O12S/c1-3-5-7-9-11-13-15-17-19-20-21-22-23-24-25-26-28-30-32-34-36-38-45(51)59-43(41-57-39-37-35-33-31-29-27-18-16-14-12-10-8-6-4-2)42-58-49-47(53)48(61-62(54,55)56)46(52)44(40-50)60-49/h6,8,12,14,18,20-21,27,43-44,46-50,52-53H,3-5,7,9-11,13,15-17,19,22-26,28-42H2,1-2H3,(H,54,55,56)/b8-6-,14-12-,21-20-,27-18-. The molecule has 1 saturated heterocycles. The molecule has 6 unspecified atom stereocenters. The van der Waals surface area contributed by atoms with E-state index in [1.165, 1.54) is 96.3 Å². The maximum atomic E-state index is 12.9. The second kappa shape index (κ2) is 40.6. The third kappa shape index (κ3) is 33.6. The Balaban J connectivity index is 2.38. The maximum Gasteiger partial charge on any atom is 0.397 e. The number of aliphatic hydroxyl groups excluding tert-OH is 3. The summed E-state index contributed by atoms with van der Waals surface area (Å²) in [5.74, 6) is -0.410. The summed E-state index contributed by atoms with van der Waals surface area (Å²) >= 11 is 0. The Bertz CT molecular complexity index is 1270. The molecular weight excluding hydrogens is 813 g/mol. The van der Waals surface area contributed by atoms with Gasteiger partial charge in [-0.05, 0) is 70.6 Å². The number of ether oxygens (including phenoxy) is 4. The highest BCUT2D eigenvalue weighted by molar-refractivity contribution is 7.80. The van der Waals surface area contributed by atoms with E-state index in [2.05, 4.69) is 66.6 Å². The van der Waals surface area contributed by atoms with Crippen molar-refractivity contribution < 1.29 is 56.2 Å². The number of carbonyl (C=O) groups excluding carboxylic acids is 1. The highest BCUT2D eigenvalue weighted by Gasteiger charge is 2.48. The second-order valence-corrected chi connectivity index (χ2v) is 17.7. The second-order valence-electron chi connectivity index (χ2n) is 16.7. The molecule has 0 aromatic heterocycles. The minimum Gasteiger partial charge on any atom is -0.457 e. The van der Waals surface area contributed by atoms with Gasteiger partial charge in [-0.15, -0.1) is 0 Å². The molecule has 12 nitrogen and oxygen atoms in total. The van der Waals surface area contributed by atoms with E-state index in [-0.39, 0.29) is 19.6 Å². The van der Waals surface area contributed by atoms with E-state index >= 15 is 0 Å². The van der Waals surface area contributed by atoms with Crippen LogP contribution in [0.2, 0.25) is 0 Å². The van der Waals surface area contributed by atoms with Crippen molar-refractivity contribution in [1.29, 1.82) is 0 Å². The van der Waals surface area contributed by atoms with Crippen LogP contribution in [0.4, 0.5) is 0 Å². The zero-order valence-electron chi connectivity index (χ0n) is 38.7. The van der Waals surface area contributed by atoms with Gasteiger partial charge in [0.25, 0.3) is 0 Å². The lowest BCUT2D eigenvalue weighted by Crippen LogP contribution is -2.60. The van der Waals surface area contributed by atoms with E-state index in [0.717, 1.165) is 70.6 Å². The maximum absolute atomic E-state index is 12.9. The molecule has 13 heteroatoms. The summed E-state index contributed by atoms with van der Waals surface area (Å²) in [4.78, 5) is 12.9. The van der Waals surface area contributed by atoms with Crippen LogP contribution < -0.4 is 0 Å². The molecule has 1 aliphatic rings. The molecule has 0 aromatic rings. The first kappa shape index (κ1) is 58.1. The molecule has 1 fully saturated rings. The molecule has 362 valence electrons. The van der Waals surface area contributed by atoms with Gasteiger partial charge in [0.2, 0.25) is 0 Å². The third-order valence-electron chi connectivity index (χ3n) is 10.9. The highest BCUT2D eigenvalue weighted by Crippen LogP contribution is 2.26. The van der Waals surface area contributed by atoms with Crippen molar-refractivity contribution in [1.82, 2.24) is 0 Å². The zero-order valence-corrected chi connectivity index (χ0v) is 39.5. The van der Waals surface area contributed by atoms with Crippen molar-refractivity contribution in [3.63, 3.8) is 0 Å². The average Bonchev–Trinajstić information content (AvgIpc) is 3.24. The number of rotatable bonds is 42. The van der Waals surface area contributed by atoms with E-state index in [1.54, 1.807) is 0 Å². The first-order chi connectivity index (χ1) is 30.1. The molecule has 4 N–H and O–H groups in total. The first-order valence-corrected chi connectivity index (χ1v) is 25.8. The lowest BCUT2D eigenvalue weighted by Gasteiger charge is -2.41. The smallest absolute Gasteiger partial charge is 0.397 e. The lowest BCUT2D eigenvalue weighted by molar-refractivity contribution is -0.301. The molecule has 62 heavy (non-hydrogen) atoms. The van der Waals surface area contributed by atoms with Crippen LogP contribution >= 0.6 is 0 Å². The summed E-state index contributed by atoms with van der Waals surface area (Å²) in [7, 11) is -5.07. The van der Waals surface area contributed by atoms with Crippen LogP contribution in [0.1, 0.15) is 194 Å². The Morgan fingerprint density at radius 2 is 1.11 bits per heavy atom. The van der Waals surface area contributed by atoms with Crippen molar-refractivity contribution in [2.45, 2.75) is 230 Å². The summed E-state index contributed by atoms with van der Waals surface area (Å²) in [5, 5.41) is 30.7.